The molecule has 0 radical (unpaired) electrons. The molecule has 2 heterocycles. The second kappa shape index (κ2) is 5.38. The highest BCUT2D eigenvalue weighted by molar-refractivity contribution is 7.99. The van der Waals surface area contributed by atoms with Crippen molar-refractivity contribution in [2.24, 2.45) is 0 Å². The minimum Gasteiger partial charge on any atom is -0.354 e. The summed E-state index contributed by atoms with van der Waals surface area (Å²) in [5, 5.41) is 3.37. The lowest BCUT2D eigenvalue weighted by molar-refractivity contribution is -0.102. The topological polar surface area (TPSA) is 46.2 Å². The zero-order valence-corrected chi connectivity index (χ0v) is 12.6. The van der Waals surface area contributed by atoms with E-state index in [4.69, 9.17) is 4.74 Å². The summed E-state index contributed by atoms with van der Waals surface area (Å²) in [4.78, 5) is 4.59. The van der Waals surface area contributed by atoms with Gasteiger partial charge in [0.25, 0.3) is 0 Å². The monoisotopic (exact) mass is 295 g/mol. The average Bonchev–Trinajstić information content (AvgIpc) is 2.79. The van der Waals surface area contributed by atoms with Crippen molar-refractivity contribution in [3.63, 3.8) is 0 Å². The van der Waals surface area contributed by atoms with Crippen LogP contribution in [0.2, 0.25) is 0 Å². The summed E-state index contributed by atoms with van der Waals surface area (Å²) in [6, 6.07) is 8.19. The number of para-hydroxylation sites is 1. The summed E-state index contributed by atoms with van der Waals surface area (Å²) >= 11 is 3.24. The Morgan fingerprint density at radius 3 is 3.16 bits per heavy atom. The number of ether oxygens (including phenoxy) is 1. The van der Waals surface area contributed by atoms with Crippen LogP contribution < -0.4 is 10.0 Å². The van der Waals surface area contributed by atoms with E-state index >= 15 is 0 Å². The lowest BCUT2D eigenvalue weighted by Gasteiger charge is -2.37. The summed E-state index contributed by atoms with van der Waals surface area (Å²) in [7, 11) is 0. The van der Waals surface area contributed by atoms with Crippen molar-refractivity contribution in [3.8, 4) is 0 Å². The van der Waals surface area contributed by atoms with Crippen LogP contribution in [0.15, 0.2) is 28.6 Å². The highest BCUT2D eigenvalue weighted by Gasteiger charge is 2.31. The molecular formula is C13H17N3OS2. The van der Waals surface area contributed by atoms with Crippen LogP contribution in [-0.2, 0) is 4.74 Å². The van der Waals surface area contributed by atoms with Crippen molar-refractivity contribution in [1.29, 1.82) is 0 Å². The summed E-state index contributed by atoms with van der Waals surface area (Å²) < 4.78 is 11.6. The minimum atomic E-state index is -0.347. The molecule has 2 N–H and O–H groups in total. The molecule has 0 spiro atoms. The first kappa shape index (κ1) is 13.3. The van der Waals surface area contributed by atoms with Gasteiger partial charge in [0.05, 0.1) is 16.3 Å². The van der Waals surface area contributed by atoms with Crippen LogP contribution in [-0.4, -0.2) is 29.9 Å². The molecule has 4 nitrogen and oxygen atoms in total. The van der Waals surface area contributed by atoms with Gasteiger partial charge in [-0.2, -0.15) is 0 Å². The quantitative estimate of drug-likeness (QED) is 0.852. The van der Waals surface area contributed by atoms with Crippen LogP contribution in [0.1, 0.15) is 13.8 Å². The maximum atomic E-state index is 5.95. The van der Waals surface area contributed by atoms with Crippen LogP contribution in [0, 0.1) is 0 Å². The summed E-state index contributed by atoms with van der Waals surface area (Å²) in [5.41, 5.74) is 0.707. The molecule has 1 aromatic carbocycles. The molecule has 2 atom stereocenters. The number of rotatable bonds is 3. The van der Waals surface area contributed by atoms with Crippen molar-refractivity contribution in [2.45, 2.75) is 30.0 Å². The fourth-order valence-corrected chi connectivity index (χ4v) is 3.97. The molecule has 1 fully saturated rings. The van der Waals surface area contributed by atoms with Crippen LogP contribution in [0.3, 0.4) is 0 Å². The van der Waals surface area contributed by atoms with Gasteiger partial charge < -0.3 is 10.1 Å². The van der Waals surface area contributed by atoms with Crippen molar-refractivity contribution < 1.29 is 4.74 Å². The number of hydrogen-bond donors (Lipinski definition) is 2. The van der Waals surface area contributed by atoms with Gasteiger partial charge >= 0.3 is 0 Å². The molecule has 0 bridgehead atoms. The SMILES string of the molecule is CC1CNCC(C)(NSc2nc3ccccc3s2)O1. The lowest BCUT2D eigenvalue weighted by Crippen LogP contribution is -2.57. The van der Waals surface area contributed by atoms with E-state index < -0.39 is 0 Å². The second-order valence-electron chi connectivity index (χ2n) is 4.94. The van der Waals surface area contributed by atoms with E-state index in [1.165, 1.54) is 4.70 Å². The third kappa shape index (κ3) is 3.09. The molecule has 1 aliphatic heterocycles. The van der Waals surface area contributed by atoms with Crippen molar-refractivity contribution in [1.82, 2.24) is 15.0 Å². The third-order valence-corrected chi connectivity index (χ3v) is 5.11. The fourth-order valence-electron chi connectivity index (χ4n) is 2.15. The maximum Gasteiger partial charge on any atom is 0.166 e. The van der Waals surface area contributed by atoms with Crippen molar-refractivity contribution >= 4 is 33.5 Å². The average molecular weight is 295 g/mol. The molecule has 2 unspecified atom stereocenters. The van der Waals surface area contributed by atoms with E-state index in [0.717, 1.165) is 22.9 Å². The number of morpholine rings is 1. The zero-order valence-electron chi connectivity index (χ0n) is 11.0. The Bertz CT molecular complexity index is 541. The highest BCUT2D eigenvalue weighted by atomic mass is 32.2. The molecule has 1 aromatic heterocycles. The van der Waals surface area contributed by atoms with Gasteiger partial charge in [-0.3, -0.25) is 0 Å². The Morgan fingerprint density at radius 2 is 2.37 bits per heavy atom. The molecule has 102 valence electrons. The first-order valence-corrected chi connectivity index (χ1v) is 7.96. The molecular weight excluding hydrogens is 278 g/mol. The number of aromatic nitrogens is 1. The Labute approximate surface area is 121 Å². The van der Waals surface area contributed by atoms with Crippen LogP contribution in [0.25, 0.3) is 10.2 Å². The molecule has 1 aliphatic rings. The molecule has 19 heavy (non-hydrogen) atoms. The smallest absolute Gasteiger partial charge is 0.166 e. The van der Waals surface area contributed by atoms with Gasteiger partial charge in [0.1, 0.15) is 5.72 Å². The molecule has 0 aliphatic carbocycles. The van der Waals surface area contributed by atoms with Gasteiger partial charge in [0.15, 0.2) is 4.34 Å². The second-order valence-corrected chi connectivity index (χ2v) is 7.03. The third-order valence-electron chi connectivity index (χ3n) is 2.98. The Kier molecular flexibility index (Phi) is 3.77. The molecule has 6 heteroatoms. The van der Waals surface area contributed by atoms with Crippen LogP contribution in [0.5, 0.6) is 0 Å². The molecule has 1 saturated heterocycles. The number of hydrogen-bond acceptors (Lipinski definition) is 6. The molecule has 0 amide bonds. The largest absolute Gasteiger partial charge is 0.354 e. The van der Waals surface area contributed by atoms with Gasteiger partial charge in [-0.25, -0.2) is 9.71 Å². The number of benzene rings is 1. The molecule has 3 rings (SSSR count). The first-order valence-electron chi connectivity index (χ1n) is 6.33. The predicted molar refractivity (Wildman–Crippen MR) is 80.4 cm³/mol. The van der Waals surface area contributed by atoms with Gasteiger partial charge in [-0.05, 0) is 37.9 Å². The number of thiazole rings is 1. The highest BCUT2D eigenvalue weighted by Crippen LogP contribution is 2.29. The summed E-state index contributed by atoms with van der Waals surface area (Å²) in [6.45, 7) is 5.85. The van der Waals surface area contributed by atoms with E-state index in [1.807, 2.05) is 18.2 Å². The van der Waals surface area contributed by atoms with Crippen LogP contribution in [0.4, 0.5) is 0 Å². The van der Waals surface area contributed by atoms with Gasteiger partial charge in [0, 0.05) is 13.1 Å². The van der Waals surface area contributed by atoms with Gasteiger partial charge in [-0.15, -0.1) is 11.3 Å². The lowest BCUT2D eigenvalue weighted by atomic mass is 10.2. The summed E-state index contributed by atoms with van der Waals surface area (Å²) in [6.07, 6.45) is 0.224. The fraction of sp³-hybridized carbons (Fsp3) is 0.462. The Hall–Kier alpha value is -0.660. The number of nitrogens with one attached hydrogen (secondary N) is 2. The number of fused-ring (bicyclic) bond motifs is 1. The van der Waals surface area contributed by atoms with E-state index in [9.17, 15) is 0 Å². The zero-order chi connectivity index (χ0) is 13.3. The van der Waals surface area contributed by atoms with E-state index in [2.05, 4.69) is 34.9 Å². The summed E-state index contributed by atoms with van der Waals surface area (Å²) in [5.74, 6) is 0. The van der Waals surface area contributed by atoms with Gasteiger partial charge in [0.2, 0.25) is 0 Å². The minimum absolute atomic E-state index is 0.224. The first-order chi connectivity index (χ1) is 9.15. The Balaban J connectivity index is 1.68. The predicted octanol–water partition coefficient (Wildman–Crippen LogP) is 2.62. The van der Waals surface area contributed by atoms with Crippen LogP contribution >= 0.6 is 23.3 Å². The van der Waals surface area contributed by atoms with E-state index in [-0.39, 0.29) is 11.8 Å². The Morgan fingerprint density at radius 1 is 1.53 bits per heavy atom. The maximum absolute atomic E-state index is 5.95. The normalized spacial score (nSPS) is 27.8. The van der Waals surface area contributed by atoms with Crippen molar-refractivity contribution in [2.75, 3.05) is 13.1 Å². The van der Waals surface area contributed by atoms with E-state index in [0.29, 0.717) is 0 Å². The van der Waals surface area contributed by atoms with E-state index in [1.54, 1.807) is 23.3 Å². The van der Waals surface area contributed by atoms with Gasteiger partial charge in [-0.1, -0.05) is 12.1 Å². The van der Waals surface area contributed by atoms with Crippen molar-refractivity contribution in [3.05, 3.63) is 24.3 Å². The molecule has 2 aromatic rings. The standard InChI is InChI=1S/C13H17N3OS2/c1-9-7-14-8-13(2,17-9)16-19-12-15-10-5-3-4-6-11(10)18-12/h3-6,9,14,16H,7-8H2,1-2H3. The number of nitrogens with zero attached hydrogens (tertiary/aromatic N) is 1. The molecule has 0 saturated carbocycles.